The number of amides is 1. The quantitative estimate of drug-likeness (QED) is 0.350. The molecule has 3 N–H and O–H groups in total. The van der Waals surface area contributed by atoms with Crippen LogP contribution in [-0.4, -0.2) is 42.5 Å². The van der Waals surface area contributed by atoms with E-state index in [0.29, 0.717) is 12.4 Å². The van der Waals surface area contributed by atoms with Gasteiger partial charge in [-0.3, -0.25) is 10.0 Å². The molecule has 0 aromatic heterocycles. The molecule has 1 aromatic carbocycles. The lowest BCUT2D eigenvalue weighted by molar-refractivity contribution is -0.174. The normalized spacial score (nSPS) is 12.7. The number of rotatable bonds is 9. The van der Waals surface area contributed by atoms with Crippen LogP contribution in [0.5, 0.6) is 5.75 Å². The number of nitrogens with zero attached hydrogens (tertiary/aromatic N) is 1. The summed E-state index contributed by atoms with van der Waals surface area (Å²) in [5.74, 6) is -0.438. The molecule has 1 amide bonds. The summed E-state index contributed by atoms with van der Waals surface area (Å²) in [5, 5.41) is 18.3. The van der Waals surface area contributed by atoms with E-state index in [2.05, 4.69) is 0 Å². The molecule has 1 unspecified atom stereocenters. The van der Waals surface area contributed by atoms with Gasteiger partial charge in [-0.15, -0.1) is 5.17 Å². The second kappa shape index (κ2) is 8.82. The molecular weight excluding hydrogens is 324 g/mol. The third kappa shape index (κ3) is 6.53. The number of carbonyl (C=O) groups is 1. The van der Waals surface area contributed by atoms with Crippen LogP contribution in [0.15, 0.2) is 29.2 Å². The molecule has 0 bridgehead atoms. The van der Waals surface area contributed by atoms with E-state index in [1.54, 1.807) is 4.83 Å². The molecule has 23 heavy (non-hydrogen) atoms. The van der Waals surface area contributed by atoms with Gasteiger partial charge in [0.25, 0.3) is 15.9 Å². The zero-order chi connectivity index (χ0) is 17.5. The fraction of sp³-hybridized carbons (Fsp3) is 0.500. The average molecular weight is 346 g/mol. The minimum Gasteiger partial charge on any atom is -0.494 e. The Kier molecular flexibility index (Phi) is 7.43. The van der Waals surface area contributed by atoms with Crippen molar-refractivity contribution in [3.63, 3.8) is 0 Å². The second-order valence-corrected chi connectivity index (χ2v) is 6.69. The van der Waals surface area contributed by atoms with Crippen LogP contribution >= 0.6 is 0 Å². The van der Waals surface area contributed by atoms with E-state index in [1.807, 2.05) is 6.92 Å². The highest BCUT2D eigenvalue weighted by Gasteiger charge is 2.22. The van der Waals surface area contributed by atoms with Crippen LogP contribution in [0, 0.1) is 0 Å². The van der Waals surface area contributed by atoms with Gasteiger partial charge in [-0.05, 0) is 37.6 Å². The first-order valence-corrected chi connectivity index (χ1v) is 8.69. The van der Waals surface area contributed by atoms with Gasteiger partial charge in [0.1, 0.15) is 5.75 Å². The van der Waals surface area contributed by atoms with Crippen molar-refractivity contribution < 1.29 is 28.3 Å². The molecule has 0 radical (unpaired) electrons. The smallest absolute Gasteiger partial charge is 0.264 e. The monoisotopic (exact) mass is 346 g/mol. The third-order valence-corrected chi connectivity index (χ3v) is 4.12. The number of aliphatic hydroxyl groups is 1. The summed E-state index contributed by atoms with van der Waals surface area (Å²) in [5.41, 5.74) is 0. The Morgan fingerprint density at radius 2 is 1.96 bits per heavy atom. The van der Waals surface area contributed by atoms with Gasteiger partial charge in [-0.1, -0.05) is 18.2 Å². The topological polar surface area (TPSA) is 116 Å². The van der Waals surface area contributed by atoms with Crippen LogP contribution in [0.3, 0.4) is 0 Å². The summed E-state index contributed by atoms with van der Waals surface area (Å²) in [6, 6.07) is 5.58. The predicted octanol–water partition coefficient (Wildman–Crippen LogP) is 1.05. The summed E-state index contributed by atoms with van der Waals surface area (Å²) in [7, 11) is -4.11. The zero-order valence-corrected chi connectivity index (χ0v) is 13.9. The maximum absolute atomic E-state index is 12.0. The fourth-order valence-electron chi connectivity index (χ4n) is 1.61. The van der Waals surface area contributed by atoms with Crippen molar-refractivity contribution in [3.05, 3.63) is 24.3 Å². The van der Waals surface area contributed by atoms with Crippen molar-refractivity contribution in [2.45, 2.75) is 44.1 Å². The highest BCUT2D eigenvalue weighted by molar-refractivity contribution is 7.89. The fourth-order valence-corrected chi connectivity index (χ4v) is 2.54. The molecule has 0 saturated heterocycles. The van der Waals surface area contributed by atoms with Crippen molar-refractivity contribution in [1.29, 1.82) is 0 Å². The lowest BCUT2D eigenvalue weighted by atomic mass is 10.3. The number of benzene rings is 1. The second-order valence-electron chi connectivity index (χ2n) is 5.03. The number of aliphatic hydroxyl groups excluding tert-OH is 1. The van der Waals surface area contributed by atoms with Crippen molar-refractivity contribution in [1.82, 2.24) is 10.0 Å². The van der Waals surface area contributed by atoms with E-state index in [0.717, 1.165) is 12.8 Å². The number of ether oxygens (including phenoxy) is 1. The molecule has 0 spiro atoms. The van der Waals surface area contributed by atoms with Crippen LogP contribution in [0.25, 0.3) is 0 Å². The number of hydroxylamine groups is 1. The van der Waals surface area contributed by atoms with Gasteiger partial charge in [0.2, 0.25) is 0 Å². The molecule has 0 aliphatic carbocycles. The van der Waals surface area contributed by atoms with Crippen LogP contribution in [-0.2, 0) is 14.8 Å². The minimum atomic E-state index is -4.11. The Balaban J connectivity index is 2.70. The summed E-state index contributed by atoms with van der Waals surface area (Å²) < 4.78 is 29.5. The third-order valence-electron chi connectivity index (χ3n) is 2.81. The van der Waals surface area contributed by atoms with Gasteiger partial charge in [-0.25, -0.2) is 8.42 Å². The number of hydrazine groups is 1. The Morgan fingerprint density at radius 1 is 1.35 bits per heavy atom. The minimum absolute atomic E-state index is 0.135. The first kappa shape index (κ1) is 19.4. The summed E-state index contributed by atoms with van der Waals surface area (Å²) in [6.45, 7) is 3.92. The average Bonchev–Trinajstić information content (AvgIpc) is 2.47. The number of unbranched alkanes of at least 4 members (excludes halogenated alkanes) is 1. The van der Waals surface area contributed by atoms with Gasteiger partial charge in [-0.2, -0.15) is 0 Å². The summed E-state index contributed by atoms with van der Waals surface area (Å²) >= 11 is 0. The predicted molar refractivity (Wildman–Crippen MR) is 82.1 cm³/mol. The number of hydrogen-bond acceptors (Lipinski definition) is 6. The van der Waals surface area contributed by atoms with Crippen LogP contribution in [0.1, 0.15) is 33.1 Å². The Hall–Kier alpha value is -1.68. The molecule has 1 atom stereocenters. The first-order valence-electron chi connectivity index (χ1n) is 7.21. The maximum Gasteiger partial charge on any atom is 0.264 e. The molecule has 8 nitrogen and oxygen atoms in total. The van der Waals surface area contributed by atoms with Gasteiger partial charge in [0, 0.05) is 0 Å². The molecule has 130 valence electrons. The van der Waals surface area contributed by atoms with Gasteiger partial charge < -0.3 is 9.84 Å². The lowest BCUT2D eigenvalue weighted by Crippen LogP contribution is -2.44. The number of hydrogen-bond donors (Lipinski definition) is 3. The number of carbonyl (C=O) groups excluding carboxylic acids is 1. The molecule has 0 aliphatic rings. The van der Waals surface area contributed by atoms with E-state index in [-0.39, 0.29) is 10.1 Å². The Labute approximate surface area is 135 Å². The molecule has 9 heteroatoms. The number of nitrogens with one attached hydrogen (secondary N) is 1. The Bertz CT molecular complexity index is 600. The molecule has 1 rings (SSSR count). The molecule has 0 saturated carbocycles. The van der Waals surface area contributed by atoms with Gasteiger partial charge in [0.15, 0.2) is 0 Å². The molecular formula is C14H22N2O6S. The lowest BCUT2D eigenvalue weighted by Gasteiger charge is -2.16. The van der Waals surface area contributed by atoms with Crippen molar-refractivity contribution >= 4 is 15.9 Å². The highest BCUT2D eigenvalue weighted by Crippen LogP contribution is 2.16. The summed E-state index contributed by atoms with van der Waals surface area (Å²) in [6.07, 6.45) is 0.472. The summed E-state index contributed by atoms with van der Waals surface area (Å²) in [4.78, 5) is 13.0. The maximum atomic E-state index is 12.0. The molecule has 0 aliphatic heterocycles. The van der Waals surface area contributed by atoms with E-state index >= 15 is 0 Å². The Morgan fingerprint density at radius 3 is 2.48 bits per heavy atom. The molecule has 1 aromatic rings. The highest BCUT2D eigenvalue weighted by atomic mass is 32.2. The van der Waals surface area contributed by atoms with Crippen LogP contribution in [0.2, 0.25) is 0 Å². The number of sulfonamides is 1. The van der Waals surface area contributed by atoms with Crippen molar-refractivity contribution in [2.24, 2.45) is 0 Å². The largest absolute Gasteiger partial charge is 0.494 e. The standard InChI is InChI=1S/C14H22N2O6S/c1-3-4-9-22-12-5-7-13(8-6-12)23(20,21)15-16(19)14(18)10-11(2)17/h5-8,11,15,17,19H,3-4,9-10H2,1-2H3. The zero-order valence-electron chi connectivity index (χ0n) is 13.1. The van der Waals surface area contributed by atoms with Crippen LogP contribution < -0.4 is 9.57 Å². The van der Waals surface area contributed by atoms with E-state index in [4.69, 9.17) is 9.84 Å². The van der Waals surface area contributed by atoms with E-state index in [1.165, 1.54) is 31.2 Å². The first-order chi connectivity index (χ1) is 10.8. The van der Waals surface area contributed by atoms with E-state index < -0.39 is 28.5 Å². The van der Waals surface area contributed by atoms with Gasteiger partial charge in [0.05, 0.1) is 24.0 Å². The van der Waals surface area contributed by atoms with Crippen LogP contribution in [0.4, 0.5) is 0 Å². The van der Waals surface area contributed by atoms with Gasteiger partial charge >= 0.3 is 0 Å². The molecule has 0 fully saturated rings. The van der Waals surface area contributed by atoms with Crippen molar-refractivity contribution in [2.75, 3.05) is 6.61 Å². The van der Waals surface area contributed by atoms with Crippen molar-refractivity contribution in [3.8, 4) is 5.75 Å². The molecule has 0 heterocycles. The van der Waals surface area contributed by atoms with E-state index in [9.17, 15) is 18.4 Å². The SMILES string of the molecule is CCCCOc1ccc(S(=O)(=O)NN(O)C(=O)CC(C)O)cc1.